The van der Waals surface area contributed by atoms with E-state index in [0.717, 1.165) is 44.7 Å². The summed E-state index contributed by atoms with van der Waals surface area (Å²) in [5.41, 5.74) is 10.8. The Morgan fingerprint density at radius 1 is 0.367 bits per heavy atom. The summed E-state index contributed by atoms with van der Waals surface area (Å²) in [6.45, 7) is 0. The molecule has 2 heterocycles. The third-order valence-electron chi connectivity index (χ3n) is 9.74. The van der Waals surface area contributed by atoms with Crippen LogP contribution >= 0.6 is 0 Å². The van der Waals surface area contributed by atoms with E-state index in [0.29, 0.717) is 0 Å². The second-order valence-corrected chi connectivity index (χ2v) is 12.6. The van der Waals surface area contributed by atoms with Crippen molar-refractivity contribution >= 4 is 71.6 Å². The third kappa shape index (κ3) is 4.51. The average molecular weight is 627 g/mol. The summed E-state index contributed by atoms with van der Waals surface area (Å²) in [5.74, 6) is 0. The Hall–Kier alpha value is -6.58. The molecule has 2 aromatic heterocycles. The molecule has 0 bridgehead atoms. The van der Waals surface area contributed by atoms with E-state index >= 15 is 0 Å². The third-order valence-corrected chi connectivity index (χ3v) is 9.74. The number of anilines is 3. The van der Waals surface area contributed by atoms with Gasteiger partial charge in [-0.3, -0.25) is 0 Å². The van der Waals surface area contributed by atoms with Crippen LogP contribution in [0.15, 0.2) is 186 Å². The van der Waals surface area contributed by atoms with E-state index < -0.39 is 0 Å². The molecule has 0 saturated heterocycles. The summed E-state index contributed by atoms with van der Waals surface area (Å²) in [6, 6.07) is 64.8. The molecule has 0 spiro atoms. The molecule has 230 valence electrons. The van der Waals surface area contributed by atoms with Crippen LogP contribution in [0.3, 0.4) is 0 Å². The van der Waals surface area contributed by atoms with Crippen LogP contribution in [0.4, 0.5) is 17.1 Å². The minimum Gasteiger partial charge on any atom is -0.456 e. The fourth-order valence-corrected chi connectivity index (χ4v) is 7.42. The van der Waals surface area contributed by atoms with Crippen molar-refractivity contribution in [2.45, 2.75) is 0 Å². The van der Waals surface area contributed by atoms with Crippen LogP contribution in [0.5, 0.6) is 0 Å². The maximum atomic E-state index is 6.69. The molecule has 0 unspecified atom stereocenters. The van der Waals surface area contributed by atoms with Crippen LogP contribution in [0.25, 0.3) is 71.3 Å². The van der Waals surface area contributed by atoms with Gasteiger partial charge in [-0.1, -0.05) is 103 Å². The molecule has 0 radical (unpaired) electrons. The molecule has 0 aliphatic carbocycles. The number of para-hydroxylation sites is 2. The molecule has 0 aliphatic heterocycles. The van der Waals surface area contributed by atoms with E-state index in [-0.39, 0.29) is 0 Å². The molecule has 0 saturated carbocycles. The molecule has 8 aromatic carbocycles. The van der Waals surface area contributed by atoms with Gasteiger partial charge in [-0.25, -0.2) is 0 Å². The number of aromatic nitrogens is 1. The normalized spacial score (nSPS) is 11.7. The zero-order valence-corrected chi connectivity index (χ0v) is 26.6. The van der Waals surface area contributed by atoms with Crippen molar-refractivity contribution in [3.63, 3.8) is 0 Å². The van der Waals surface area contributed by atoms with Crippen LogP contribution in [-0.4, -0.2) is 4.57 Å². The molecular formula is C46H30N2O. The highest BCUT2D eigenvalue weighted by Gasteiger charge is 2.18. The molecule has 3 heteroatoms. The fourth-order valence-electron chi connectivity index (χ4n) is 7.42. The first kappa shape index (κ1) is 27.5. The largest absolute Gasteiger partial charge is 0.456 e. The summed E-state index contributed by atoms with van der Waals surface area (Å²) in [7, 11) is 0. The Bertz CT molecular complexity index is 2810. The number of furan rings is 1. The van der Waals surface area contributed by atoms with Crippen molar-refractivity contribution in [3.05, 3.63) is 182 Å². The standard InChI is InChI=1S/C46H30N2O/c1-3-11-31(12-4-1)32-19-21-36(22-20-32)47(35-15-5-2-6-16-35)37-23-25-40-41-26-24-38(30-46(41)49-45(40)29-37)48-43-18-10-9-17-39(43)42-27-33-13-7-8-14-34(33)28-44(42)48/h1-30H. The molecule has 0 N–H and O–H groups in total. The van der Waals surface area contributed by atoms with Crippen molar-refractivity contribution in [2.24, 2.45) is 0 Å². The zero-order valence-electron chi connectivity index (χ0n) is 26.6. The van der Waals surface area contributed by atoms with Crippen molar-refractivity contribution in [3.8, 4) is 16.8 Å². The first-order valence-electron chi connectivity index (χ1n) is 16.7. The molecular weight excluding hydrogens is 597 g/mol. The van der Waals surface area contributed by atoms with Gasteiger partial charge >= 0.3 is 0 Å². The lowest BCUT2D eigenvalue weighted by Gasteiger charge is -2.25. The Balaban J connectivity index is 1.10. The van der Waals surface area contributed by atoms with Gasteiger partial charge in [0.1, 0.15) is 11.2 Å². The van der Waals surface area contributed by atoms with Gasteiger partial charge in [0.05, 0.1) is 11.0 Å². The highest BCUT2D eigenvalue weighted by Crippen LogP contribution is 2.40. The van der Waals surface area contributed by atoms with Crippen LogP contribution in [0.1, 0.15) is 0 Å². The first-order valence-corrected chi connectivity index (χ1v) is 16.7. The van der Waals surface area contributed by atoms with Crippen LogP contribution < -0.4 is 4.90 Å². The molecule has 0 amide bonds. The molecule has 0 aliphatic rings. The highest BCUT2D eigenvalue weighted by molar-refractivity contribution is 6.14. The van der Waals surface area contributed by atoms with Crippen LogP contribution in [-0.2, 0) is 0 Å². The quantitative estimate of drug-likeness (QED) is 0.190. The lowest BCUT2D eigenvalue weighted by atomic mass is 10.0. The molecule has 10 rings (SSSR count). The smallest absolute Gasteiger partial charge is 0.137 e. The SMILES string of the molecule is c1ccc(-c2ccc(N(c3ccccc3)c3ccc4c(c3)oc3cc(-n5c6ccccc6c6cc7ccccc7cc65)ccc34)cc2)cc1. The predicted octanol–water partition coefficient (Wildman–Crippen LogP) is 13.0. The van der Waals surface area contributed by atoms with Gasteiger partial charge in [0.2, 0.25) is 0 Å². The molecule has 0 fully saturated rings. The minimum atomic E-state index is 0.861. The van der Waals surface area contributed by atoms with Crippen molar-refractivity contribution < 1.29 is 4.42 Å². The van der Waals surface area contributed by atoms with E-state index in [2.05, 4.69) is 191 Å². The van der Waals surface area contributed by atoms with E-state index in [1.807, 2.05) is 0 Å². The van der Waals surface area contributed by atoms with E-state index in [9.17, 15) is 0 Å². The van der Waals surface area contributed by atoms with Gasteiger partial charge in [-0.2, -0.15) is 0 Å². The Labute approximate surface area is 283 Å². The first-order chi connectivity index (χ1) is 24.3. The molecule has 49 heavy (non-hydrogen) atoms. The maximum absolute atomic E-state index is 6.69. The lowest BCUT2D eigenvalue weighted by molar-refractivity contribution is 0.668. The van der Waals surface area contributed by atoms with Crippen molar-refractivity contribution in [1.29, 1.82) is 0 Å². The number of fused-ring (bicyclic) bond motifs is 7. The average Bonchev–Trinajstić information content (AvgIpc) is 3.69. The van der Waals surface area contributed by atoms with Gasteiger partial charge in [-0.15, -0.1) is 0 Å². The molecule has 10 aromatic rings. The number of hydrogen-bond donors (Lipinski definition) is 0. The molecule has 0 atom stereocenters. The summed E-state index contributed by atoms with van der Waals surface area (Å²) in [5, 5.41) is 7.19. The summed E-state index contributed by atoms with van der Waals surface area (Å²) in [6.07, 6.45) is 0. The second-order valence-electron chi connectivity index (χ2n) is 12.6. The van der Waals surface area contributed by atoms with Gasteiger partial charge in [-0.05, 0) is 88.6 Å². The lowest BCUT2D eigenvalue weighted by Crippen LogP contribution is -2.09. The molecule has 3 nitrogen and oxygen atoms in total. The van der Waals surface area contributed by atoms with Gasteiger partial charge in [0.15, 0.2) is 0 Å². The Morgan fingerprint density at radius 2 is 0.959 bits per heavy atom. The number of hydrogen-bond acceptors (Lipinski definition) is 2. The topological polar surface area (TPSA) is 21.3 Å². The monoisotopic (exact) mass is 626 g/mol. The Kier molecular flexibility index (Phi) is 6.18. The van der Waals surface area contributed by atoms with Crippen molar-refractivity contribution in [1.82, 2.24) is 4.57 Å². The summed E-state index contributed by atoms with van der Waals surface area (Å²) >= 11 is 0. The highest BCUT2D eigenvalue weighted by atomic mass is 16.3. The summed E-state index contributed by atoms with van der Waals surface area (Å²) < 4.78 is 9.05. The Morgan fingerprint density at radius 3 is 1.76 bits per heavy atom. The predicted molar refractivity (Wildman–Crippen MR) is 206 cm³/mol. The van der Waals surface area contributed by atoms with E-state index in [4.69, 9.17) is 4.42 Å². The fraction of sp³-hybridized carbons (Fsp3) is 0. The van der Waals surface area contributed by atoms with E-state index in [1.54, 1.807) is 0 Å². The summed E-state index contributed by atoms with van der Waals surface area (Å²) in [4.78, 5) is 2.29. The maximum Gasteiger partial charge on any atom is 0.137 e. The minimum absolute atomic E-state index is 0.861. The number of rotatable bonds is 5. The van der Waals surface area contributed by atoms with Crippen LogP contribution in [0, 0.1) is 0 Å². The van der Waals surface area contributed by atoms with Crippen molar-refractivity contribution in [2.75, 3.05) is 4.90 Å². The van der Waals surface area contributed by atoms with Crippen LogP contribution in [0.2, 0.25) is 0 Å². The van der Waals surface area contributed by atoms with Gasteiger partial charge < -0.3 is 13.9 Å². The zero-order chi connectivity index (χ0) is 32.3. The van der Waals surface area contributed by atoms with Gasteiger partial charge in [0.25, 0.3) is 0 Å². The number of benzene rings is 8. The number of nitrogens with zero attached hydrogens (tertiary/aromatic N) is 2. The van der Waals surface area contributed by atoms with Gasteiger partial charge in [0, 0.05) is 56.4 Å². The second kappa shape index (κ2) is 11.0. The van der Waals surface area contributed by atoms with E-state index in [1.165, 1.54) is 43.7 Å².